The first-order chi connectivity index (χ1) is 22.1. The first-order valence-electron chi connectivity index (χ1n) is 16.2. The van der Waals surface area contributed by atoms with Gasteiger partial charge in [0.15, 0.2) is 0 Å². The average Bonchev–Trinajstić information content (AvgIpc) is 2.95. The van der Waals surface area contributed by atoms with E-state index in [2.05, 4.69) is 26.3 Å². The van der Waals surface area contributed by atoms with Crippen molar-refractivity contribution < 1.29 is 54.6 Å². The molecule has 48 heavy (non-hydrogen) atoms. The van der Waals surface area contributed by atoms with Crippen molar-refractivity contribution in [3.05, 3.63) is 48.6 Å². The number of carbonyl (C=O) groups is 4. The Balaban J connectivity index is 3.53. The highest BCUT2D eigenvalue weighted by molar-refractivity contribution is 6.94. The molecule has 0 N–H and O–H groups in total. The second-order valence-corrected chi connectivity index (χ2v) is 27.6. The van der Waals surface area contributed by atoms with Gasteiger partial charge in [-0.05, 0) is 104 Å². The molecule has 0 spiro atoms. The van der Waals surface area contributed by atoms with Crippen molar-refractivity contribution in [3.63, 3.8) is 0 Å². The molecule has 12 nitrogen and oxygen atoms in total. The predicted molar refractivity (Wildman–Crippen MR) is 192 cm³/mol. The summed E-state index contributed by atoms with van der Waals surface area (Å²) in [4.78, 5) is 48.5. The number of hydrogen-bond donors (Lipinski definition) is 0. The number of ether oxygens (including phenoxy) is 4. The SMILES string of the molecule is C=C(C)C(=O)OCCC[Si]1(CCCOC(=O)C(=C)C)O[Si](C)(C)O[Si](C)(C)O[Si](CCCOC(=O)C(=C)C)(CCCOC(=O)C(=C)C)O1. The van der Waals surface area contributed by atoms with Gasteiger partial charge in [-0.15, -0.1) is 0 Å². The third-order valence-electron chi connectivity index (χ3n) is 6.86. The molecule has 0 atom stereocenters. The molecule has 1 fully saturated rings. The fraction of sp³-hybridized carbons (Fsp3) is 0.625. The van der Waals surface area contributed by atoms with E-state index in [4.69, 9.17) is 35.4 Å². The molecular weight excluding hydrogens is 689 g/mol. The Hall–Kier alpha value is -2.45. The van der Waals surface area contributed by atoms with Gasteiger partial charge in [0.05, 0.1) is 26.4 Å². The van der Waals surface area contributed by atoms with Gasteiger partial charge in [0, 0.05) is 22.3 Å². The van der Waals surface area contributed by atoms with Crippen molar-refractivity contribution in [2.24, 2.45) is 0 Å². The molecule has 1 aliphatic rings. The second-order valence-electron chi connectivity index (χ2n) is 13.1. The zero-order valence-corrected chi connectivity index (χ0v) is 34.2. The van der Waals surface area contributed by atoms with Crippen LogP contribution in [0.4, 0.5) is 0 Å². The average molecular weight is 745 g/mol. The molecular formula is C32H56O12Si4. The maximum atomic E-state index is 12.1. The predicted octanol–water partition coefficient (Wildman–Crippen LogP) is 6.39. The van der Waals surface area contributed by atoms with E-state index in [0.29, 0.717) is 72.2 Å². The highest BCUT2D eigenvalue weighted by Crippen LogP contribution is 2.40. The smallest absolute Gasteiger partial charge is 0.333 e. The first-order valence-corrected chi connectivity index (χ1v) is 26.3. The highest BCUT2D eigenvalue weighted by Gasteiger charge is 2.57. The van der Waals surface area contributed by atoms with Crippen LogP contribution < -0.4 is 0 Å². The fourth-order valence-corrected chi connectivity index (χ4v) is 28.4. The third-order valence-corrected chi connectivity index (χ3v) is 25.1. The lowest BCUT2D eigenvalue weighted by Crippen LogP contribution is -2.67. The van der Waals surface area contributed by atoms with Crippen molar-refractivity contribution in [2.75, 3.05) is 26.4 Å². The van der Waals surface area contributed by atoms with E-state index in [9.17, 15) is 19.2 Å². The monoisotopic (exact) mass is 744 g/mol. The lowest BCUT2D eigenvalue weighted by atomic mass is 10.4. The van der Waals surface area contributed by atoms with E-state index in [0.717, 1.165) is 0 Å². The summed E-state index contributed by atoms with van der Waals surface area (Å²) in [5.41, 5.74) is 1.20. The van der Waals surface area contributed by atoms with E-state index in [1.165, 1.54) is 0 Å². The van der Waals surface area contributed by atoms with Gasteiger partial charge in [0.25, 0.3) is 0 Å². The summed E-state index contributed by atoms with van der Waals surface area (Å²) in [6, 6.07) is 1.78. The molecule has 1 aliphatic heterocycles. The van der Waals surface area contributed by atoms with Gasteiger partial charge in [-0.1, -0.05) is 26.3 Å². The molecule has 0 aromatic carbocycles. The lowest BCUT2D eigenvalue weighted by molar-refractivity contribution is -0.139. The number of hydrogen-bond acceptors (Lipinski definition) is 12. The Morgan fingerprint density at radius 1 is 0.438 bits per heavy atom. The van der Waals surface area contributed by atoms with Crippen LogP contribution in [0.15, 0.2) is 48.6 Å². The summed E-state index contributed by atoms with van der Waals surface area (Å²) in [5.74, 6) is -1.93. The summed E-state index contributed by atoms with van der Waals surface area (Å²) >= 11 is 0. The number of rotatable bonds is 20. The summed E-state index contributed by atoms with van der Waals surface area (Å²) in [5, 5.41) is 0. The van der Waals surface area contributed by atoms with Crippen LogP contribution in [0.5, 0.6) is 0 Å². The Bertz CT molecular complexity index is 1060. The summed E-state index contributed by atoms with van der Waals surface area (Å²) in [6.45, 7) is 29.3. The standard InChI is InChI=1S/C32H56O12Si4/c1-25(2)29(33)37-17-13-21-47(22-14-18-38-30(34)26(3)4)42-45(9,10)41-46(11,12)43-48(44-47,23-15-19-39-31(35)27(5)6)24-16-20-40-32(36)28(7)8/h1,3,5,7,13-24H2,2,4,6,8-12H3. The molecule has 16 heteroatoms. The van der Waals surface area contributed by atoms with E-state index >= 15 is 0 Å². The van der Waals surface area contributed by atoms with Crippen molar-refractivity contribution in [2.45, 2.75) is 104 Å². The molecule has 0 aromatic rings. The second kappa shape index (κ2) is 19.7. The van der Waals surface area contributed by atoms with Crippen LogP contribution in [-0.2, 0) is 54.6 Å². The molecule has 0 bridgehead atoms. The zero-order chi connectivity index (χ0) is 36.8. The summed E-state index contributed by atoms with van der Waals surface area (Å²) in [7, 11) is -12.2. The molecule has 0 unspecified atom stereocenters. The van der Waals surface area contributed by atoms with Crippen LogP contribution in [-0.4, -0.2) is 84.5 Å². The van der Waals surface area contributed by atoms with Crippen LogP contribution in [0.1, 0.15) is 53.4 Å². The molecule has 0 aliphatic carbocycles. The normalized spacial score (nSPS) is 17.5. The maximum absolute atomic E-state index is 12.1. The van der Waals surface area contributed by atoms with Gasteiger partial charge in [0.2, 0.25) is 0 Å². The van der Waals surface area contributed by atoms with Crippen molar-refractivity contribution >= 4 is 58.1 Å². The van der Waals surface area contributed by atoms with E-state index in [-0.39, 0.29) is 26.4 Å². The lowest BCUT2D eigenvalue weighted by Gasteiger charge is -2.51. The number of esters is 4. The molecule has 0 aromatic heterocycles. The Kier molecular flexibility index (Phi) is 17.8. The van der Waals surface area contributed by atoms with Crippen LogP contribution in [0.25, 0.3) is 0 Å². The topological polar surface area (TPSA) is 142 Å². The van der Waals surface area contributed by atoms with Crippen molar-refractivity contribution in [1.82, 2.24) is 0 Å². The summed E-state index contributed by atoms with van der Waals surface area (Å²) < 4.78 is 49.8. The molecule has 272 valence electrons. The van der Waals surface area contributed by atoms with Gasteiger partial charge in [-0.3, -0.25) is 0 Å². The largest absolute Gasteiger partial charge is 0.462 e. The summed E-state index contributed by atoms with van der Waals surface area (Å²) in [6.07, 6.45) is 1.77. The Morgan fingerprint density at radius 2 is 0.667 bits per heavy atom. The van der Waals surface area contributed by atoms with Crippen LogP contribution in [0.2, 0.25) is 50.4 Å². The minimum absolute atomic E-state index is 0.129. The molecule has 1 heterocycles. The minimum atomic E-state index is -3.27. The first kappa shape index (κ1) is 43.6. The Morgan fingerprint density at radius 3 is 0.875 bits per heavy atom. The highest BCUT2D eigenvalue weighted by atomic mass is 28.5. The fourth-order valence-electron chi connectivity index (χ4n) is 5.09. The van der Waals surface area contributed by atoms with Gasteiger partial charge < -0.3 is 35.4 Å². The Labute approximate surface area is 290 Å². The van der Waals surface area contributed by atoms with E-state index in [1.807, 2.05) is 26.2 Å². The van der Waals surface area contributed by atoms with Crippen LogP contribution >= 0.6 is 0 Å². The van der Waals surface area contributed by atoms with Gasteiger partial charge in [-0.2, -0.15) is 0 Å². The zero-order valence-electron chi connectivity index (χ0n) is 30.2. The molecule has 0 saturated carbocycles. The van der Waals surface area contributed by atoms with Gasteiger partial charge in [0.1, 0.15) is 0 Å². The van der Waals surface area contributed by atoms with Crippen molar-refractivity contribution in [1.29, 1.82) is 0 Å². The minimum Gasteiger partial charge on any atom is -0.462 e. The van der Waals surface area contributed by atoms with E-state index < -0.39 is 58.1 Å². The number of carbonyl (C=O) groups excluding carboxylic acids is 4. The van der Waals surface area contributed by atoms with Gasteiger partial charge in [-0.25, -0.2) is 19.2 Å². The van der Waals surface area contributed by atoms with Crippen LogP contribution in [0.3, 0.4) is 0 Å². The maximum Gasteiger partial charge on any atom is 0.333 e. The molecule has 0 radical (unpaired) electrons. The van der Waals surface area contributed by atoms with Crippen LogP contribution in [0, 0.1) is 0 Å². The van der Waals surface area contributed by atoms with Crippen molar-refractivity contribution in [3.8, 4) is 0 Å². The molecule has 1 saturated heterocycles. The molecule has 0 amide bonds. The third kappa shape index (κ3) is 16.3. The van der Waals surface area contributed by atoms with Gasteiger partial charge >= 0.3 is 58.1 Å². The van der Waals surface area contributed by atoms with E-state index in [1.54, 1.807) is 27.7 Å². The molecule has 1 rings (SSSR count). The quantitative estimate of drug-likeness (QED) is 0.0448.